The molecule has 0 unspecified atom stereocenters. The first-order valence-corrected chi connectivity index (χ1v) is 7.95. The van der Waals surface area contributed by atoms with Gasteiger partial charge in [0.2, 0.25) is 0 Å². The Morgan fingerprint density at radius 2 is 2.10 bits per heavy atom. The number of alkyl halides is 1. The van der Waals surface area contributed by atoms with Crippen LogP contribution in [0, 0.1) is 13.8 Å². The fraction of sp³-hybridized carbons (Fsp3) is 0.462. The number of halogens is 1. The zero-order valence-corrected chi connectivity index (χ0v) is 13.3. The van der Waals surface area contributed by atoms with E-state index in [1.165, 1.54) is 0 Å². The minimum absolute atomic E-state index is 0.390. The van der Waals surface area contributed by atoms with Gasteiger partial charge in [-0.25, -0.2) is 14.6 Å². The van der Waals surface area contributed by atoms with Gasteiger partial charge >= 0.3 is 0 Å². The number of thiazole rings is 1. The quantitative estimate of drug-likeness (QED) is 0.696. The number of aromatic nitrogens is 5. The van der Waals surface area contributed by atoms with Gasteiger partial charge in [-0.3, -0.25) is 0 Å². The Kier molecular flexibility index (Phi) is 3.52. The third-order valence-electron chi connectivity index (χ3n) is 3.28. The molecule has 3 aromatic heterocycles. The summed E-state index contributed by atoms with van der Waals surface area (Å²) in [6, 6.07) is 0. The molecule has 3 heterocycles. The van der Waals surface area contributed by atoms with Crippen molar-refractivity contribution < 1.29 is 0 Å². The molecule has 106 valence electrons. The van der Waals surface area contributed by atoms with E-state index >= 15 is 0 Å². The van der Waals surface area contributed by atoms with Crippen LogP contribution in [0.1, 0.15) is 29.1 Å². The Hall–Kier alpha value is -1.40. The van der Waals surface area contributed by atoms with Gasteiger partial charge in [-0.1, -0.05) is 0 Å². The van der Waals surface area contributed by atoms with E-state index in [2.05, 4.69) is 31.9 Å². The van der Waals surface area contributed by atoms with Gasteiger partial charge in [-0.2, -0.15) is 5.10 Å². The fourth-order valence-corrected chi connectivity index (χ4v) is 3.21. The fourth-order valence-electron chi connectivity index (χ4n) is 2.40. The summed E-state index contributed by atoms with van der Waals surface area (Å²) in [5.41, 5.74) is 3.96. The number of nitrogens with zero attached hydrogens (tertiary/aromatic N) is 5. The van der Waals surface area contributed by atoms with E-state index in [0.717, 1.165) is 39.9 Å². The molecule has 0 aliphatic carbocycles. The maximum atomic E-state index is 6.05. The molecule has 0 saturated heterocycles. The van der Waals surface area contributed by atoms with E-state index in [9.17, 15) is 0 Å². The first-order chi connectivity index (χ1) is 9.63. The number of rotatable bonds is 4. The van der Waals surface area contributed by atoms with Crippen molar-refractivity contribution in [3.63, 3.8) is 0 Å². The highest BCUT2D eigenvalue weighted by atomic mass is 35.5. The Labute approximate surface area is 126 Å². The second-order valence-electron chi connectivity index (χ2n) is 4.68. The first kappa shape index (κ1) is 13.6. The van der Waals surface area contributed by atoms with Gasteiger partial charge in [0, 0.05) is 11.9 Å². The molecule has 3 rings (SSSR count). The molecule has 3 aromatic rings. The predicted octanol–water partition coefficient (Wildman–Crippen LogP) is 3.11. The summed E-state index contributed by atoms with van der Waals surface area (Å²) in [5, 5.41) is 7.68. The van der Waals surface area contributed by atoms with Crippen LogP contribution in [0.4, 0.5) is 0 Å². The van der Waals surface area contributed by atoms with Crippen molar-refractivity contribution >= 4 is 34.1 Å². The second kappa shape index (κ2) is 5.18. The van der Waals surface area contributed by atoms with E-state index in [4.69, 9.17) is 11.6 Å². The Bertz CT molecular complexity index is 754. The summed E-state index contributed by atoms with van der Waals surface area (Å²) in [6.45, 7) is 7.58. The number of fused-ring (bicyclic) bond motifs is 1. The molecule has 20 heavy (non-hydrogen) atoms. The smallest absolute Gasteiger partial charge is 0.159 e. The maximum Gasteiger partial charge on any atom is 0.159 e. The summed E-state index contributed by atoms with van der Waals surface area (Å²) >= 11 is 7.71. The highest BCUT2D eigenvalue weighted by Gasteiger charge is 2.18. The topological polar surface area (TPSA) is 48.5 Å². The van der Waals surface area contributed by atoms with Gasteiger partial charge < -0.3 is 4.57 Å². The lowest BCUT2D eigenvalue weighted by Crippen LogP contribution is -2.09. The zero-order chi connectivity index (χ0) is 14.3. The highest BCUT2D eigenvalue weighted by Crippen LogP contribution is 2.22. The van der Waals surface area contributed by atoms with E-state index in [0.29, 0.717) is 12.4 Å². The van der Waals surface area contributed by atoms with Crippen LogP contribution in [-0.2, 0) is 19.0 Å². The van der Waals surface area contributed by atoms with Gasteiger partial charge in [-0.15, -0.1) is 22.9 Å². The maximum absolute atomic E-state index is 6.05. The molecule has 0 aliphatic rings. The van der Waals surface area contributed by atoms with Crippen LogP contribution in [-0.4, -0.2) is 24.3 Å². The number of hydrogen-bond donors (Lipinski definition) is 0. The van der Waals surface area contributed by atoms with Gasteiger partial charge in [0.15, 0.2) is 5.65 Å². The van der Waals surface area contributed by atoms with Crippen molar-refractivity contribution in [2.75, 3.05) is 0 Å². The molecule has 0 aliphatic heterocycles. The lowest BCUT2D eigenvalue weighted by atomic mass is 10.4. The van der Waals surface area contributed by atoms with E-state index in [-0.39, 0.29) is 0 Å². The number of imidazole rings is 1. The second-order valence-corrected chi connectivity index (χ2v) is 6.01. The van der Waals surface area contributed by atoms with Gasteiger partial charge in [0.05, 0.1) is 28.8 Å². The highest BCUT2D eigenvalue weighted by molar-refractivity contribution is 7.09. The molecular formula is C13H16ClN5S. The molecule has 0 spiro atoms. The summed E-state index contributed by atoms with van der Waals surface area (Å²) < 4.78 is 4.10. The summed E-state index contributed by atoms with van der Waals surface area (Å²) in [4.78, 5) is 9.15. The molecule has 0 saturated carbocycles. The predicted molar refractivity (Wildman–Crippen MR) is 81.4 cm³/mol. The van der Waals surface area contributed by atoms with Crippen LogP contribution >= 0.6 is 22.9 Å². The lowest BCUT2D eigenvalue weighted by Gasteiger charge is -2.07. The molecule has 0 bridgehead atoms. The van der Waals surface area contributed by atoms with Crippen molar-refractivity contribution in [1.29, 1.82) is 0 Å². The summed E-state index contributed by atoms with van der Waals surface area (Å²) in [5.74, 6) is 1.26. The number of aryl methyl sites for hydroxylation is 3. The average Bonchev–Trinajstić information content (AvgIpc) is 3.08. The zero-order valence-electron chi connectivity index (χ0n) is 11.7. The lowest BCUT2D eigenvalue weighted by molar-refractivity contribution is 0.636. The first-order valence-electron chi connectivity index (χ1n) is 6.53. The SMILES string of the molecule is CCn1nc(C)c2nc(CCl)n(Cc3csc(C)n3)c21. The third-order valence-corrected chi connectivity index (χ3v) is 4.34. The van der Waals surface area contributed by atoms with Crippen molar-refractivity contribution in [1.82, 2.24) is 24.3 Å². The Morgan fingerprint density at radius 3 is 2.70 bits per heavy atom. The normalized spacial score (nSPS) is 11.6. The van der Waals surface area contributed by atoms with Crippen LogP contribution in [0.2, 0.25) is 0 Å². The molecule has 0 radical (unpaired) electrons. The molecule has 0 atom stereocenters. The number of hydrogen-bond acceptors (Lipinski definition) is 4. The van der Waals surface area contributed by atoms with Crippen LogP contribution in [0.15, 0.2) is 5.38 Å². The molecule has 7 heteroatoms. The molecule has 0 fully saturated rings. The van der Waals surface area contributed by atoms with Crippen LogP contribution in [0.25, 0.3) is 11.2 Å². The van der Waals surface area contributed by atoms with Crippen LogP contribution < -0.4 is 0 Å². The van der Waals surface area contributed by atoms with E-state index < -0.39 is 0 Å². The molecule has 0 amide bonds. The molecule has 0 aromatic carbocycles. The third kappa shape index (κ3) is 2.13. The van der Waals surface area contributed by atoms with Crippen molar-refractivity contribution in [3.05, 3.63) is 27.6 Å². The van der Waals surface area contributed by atoms with Gasteiger partial charge in [-0.05, 0) is 20.8 Å². The van der Waals surface area contributed by atoms with Crippen LogP contribution in [0.5, 0.6) is 0 Å². The molecule has 0 N–H and O–H groups in total. The van der Waals surface area contributed by atoms with Crippen LogP contribution in [0.3, 0.4) is 0 Å². The summed E-state index contributed by atoms with van der Waals surface area (Å²) in [7, 11) is 0. The van der Waals surface area contributed by atoms with Crippen molar-refractivity contribution in [2.24, 2.45) is 0 Å². The van der Waals surface area contributed by atoms with Gasteiger partial charge in [0.1, 0.15) is 11.3 Å². The molecular weight excluding hydrogens is 294 g/mol. The monoisotopic (exact) mass is 309 g/mol. The summed E-state index contributed by atoms with van der Waals surface area (Å²) in [6.07, 6.45) is 0. The minimum atomic E-state index is 0.390. The average molecular weight is 310 g/mol. The van der Waals surface area contributed by atoms with Crippen molar-refractivity contribution in [2.45, 2.75) is 39.7 Å². The van der Waals surface area contributed by atoms with E-state index in [1.807, 2.05) is 18.5 Å². The largest absolute Gasteiger partial charge is 0.306 e. The molecule has 5 nitrogen and oxygen atoms in total. The Balaban J connectivity index is 2.16. The Morgan fingerprint density at radius 1 is 1.30 bits per heavy atom. The van der Waals surface area contributed by atoms with Crippen molar-refractivity contribution in [3.8, 4) is 0 Å². The minimum Gasteiger partial charge on any atom is -0.306 e. The van der Waals surface area contributed by atoms with E-state index in [1.54, 1.807) is 11.3 Å². The van der Waals surface area contributed by atoms with Gasteiger partial charge in [0.25, 0.3) is 0 Å². The standard InChI is InChI=1S/C13H16ClN5S/c1-4-19-13-12(8(2)17-19)16-11(5-14)18(13)6-10-7-20-9(3)15-10/h7H,4-6H2,1-3H3.